The minimum atomic E-state index is 0.459. The number of ether oxygens (including phenoxy) is 1. The van der Waals surface area contributed by atoms with Gasteiger partial charge in [0, 0.05) is 15.9 Å². The predicted molar refractivity (Wildman–Crippen MR) is 115 cm³/mol. The highest BCUT2D eigenvalue weighted by atomic mass is 32.2. The number of aryl methyl sites for hydroxylation is 1. The molecule has 0 aliphatic heterocycles. The highest BCUT2D eigenvalue weighted by Gasteiger charge is 2.09. The molecular weight excluding hydrogens is 344 g/mol. The third kappa shape index (κ3) is 7.05. The number of hydrogen-bond donors (Lipinski definition) is 0. The molecule has 25 heavy (non-hydrogen) atoms. The summed E-state index contributed by atoms with van der Waals surface area (Å²) in [6.45, 7) is 4.12. The van der Waals surface area contributed by atoms with E-state index in [-0.39, 0.29) is 0 Å². The largest absolute Gasteiger partial charge is 0.497 e. The van der Waals surface area contributed by atoms with Crippen LogP contribution in [0.4, 0.5) is 0 Å². The van der Waals surface area contributed by atoms with Crippen molar-refractivity contribution in [2.45, 2.75) is 37.7 Å². The molecule has 3 heteroatoms. The minimum Gasteiger partial charge on any atom is -0.497 e. The fraction of sp³-hybridized carbons (Fsp3) is 0.318. The van der Waals surface area contributed by atoms with Crippen LogP contribution in [-0.2, 0) is 12.2 Å². The van der Waals surface area contributed by atoms with E-state index < -0.39 is 0 Å². The van der Waals surface area contributed by atoms with Crippen LogP contribution in [0.15, 0.2) is 66.2 Å². The molecular formula is C22H26OS2. The van der Waals surface area contributed by atoms with Gasteiger partial charge in [-0.2, -0.15) is 0 Å². The van der Waals surface area contributed by atoms with Crippen LogP contribution in [0.2, 0.25) is 0 Å². The molecule has 0 aromatic heterocycles. The predicted octanol–water partition coefficient (Wildman–Crippen LogP) is 6.27. The van der Waals surface area contributed by atoms with Gasteiger partial charge in [0.25, 0.3) is 0 Å². The molecule has 0 aliphatic carbocycles. The van der Waals surface area contributed by atoms with Crippen molar-refractivity contribution in [3.63, 3.8) is 0 Å². The molecule has 0 fully saturated rings. The third-order valence-corrected chi connectivity index (χ3v) is 5.80. The molecule has 2 rings (SSSR count). The second-order valence-electron chi connectivity index (χ2n) is 6.13. The molecule has 0 spiro atoms. The lowest BCUT2D eigenvalue weighted by Crippen LogP contribution is -2.05. The first-order chi connectivity index (χ1) is 12.1. The van der Waals surface area contributed by atoms with Gasteiger partial charge in [-0.25, -0.2) is 0 Å². The molecule has 0 radical (unpaired) electrons. The number of benzene rings is 2. The zero-order valence-electron chi connectivity index (χ0n) is 15.2. The fourth-order valence-electron chi connectivity index (χ4n) is 2.49. The monoisotopic (exact) mass is 370 g/mol. The molecule has 132 valence electrons. The molecule has 2 aromatic carbocycles. The maximum atomic E-state index is 5.33. The van der Waals surface area contributed by atoms with Gasteiger partial charge in [-0.15, -0.1) is 11.8 Å². The van der Waals surface area contributed by atoms with E-state index in [0.717, 1.165) is 29.2 Å². The SMILES string of the molecule is COc1ccc(CCC(/C=C(/C)C(C)=S)SCc2ccccc2)cc1. The topological polar surface area (TPSA) is 9.23 Å². The van der Waals surface area contributed by atoms with Crippen molar-refractivity contribution in [1.29, 1.82) is 0 Å². The average Bonchev–Trinajstić information content (AvgIpc) is 2.65. The Hall–Kier alpha value is -1.58. The molecule has 1 atom stereocenters. The van der Waals surface area contributed by atoms with Crippen LogP contribution < -0.4 is 4.74 Å². The van der Waals surface area contributed by atoms with Crippen molar-refractivity contribution >= 4 is 28.8 Å². The maximum absolute atomic E-state index is 5.33. The van der Waals surface area contributed by atoms with Crippen LogP contribution in [0.3, 0.4) is 0 Å². The third-order valence-electron chi connectivity index (χ3n) is 4.17. The van der Waals surface area contributed by atoms with Gasteiger partial charge in [0.2, 0.25) is 0 Å². The Morgan fingerprint density at radius 1 is 1.04 bits per heavy atom. The summed E-state index contributed by atoms with van der Waals surface area (Å²) in [5.74, 6) is 1.93. The van der Waals surface area contributed by atoms with Crippen molar-refractivity contribution in [2.75, 3.05) is 7.11 Å². The molecule has 2 aromatic rings. The van der Waals surface area contributed by atoms with Gasteiger partial charge < -0.3 is 4.74 Å². The second kappa shape index (κ2) is 10.4. The van der Waals surface area contributed by atoms with Gasteiger partial charge in [-0.05, 0) is 55.5 Å². The van der Waals surface area contributed by atoms with Crippen LogP contribution in [0, 0.1) is 0 Å². The lowest BCUT2D eigenvalue weighted by Gasteiger charge is -2.15. The van der Waals surface area contributed by atoms with Crippen molar-refractivity contribution < 1.29 is 4.74 Å². The zero-order chi connectivity index (χ0) is 18.1. The maximum Gasteiger partial charge on any atom is 0.118 e. The quantitative estimate of drug-likeness (QED) is 0.380. The van der Waals surface area contributed by atoms with Crippen molar-refractivity contribution in [2.24, 2.45) is 0 Å². The number of thioether (sulfide) groups is 1. The second-order valence-corrected chi connectivity index (χ2v) is 7.97. The Labute approximate surface area is 161 Å². The first-order valence-electron chi connectivity index (χ1n) is 8.56. The summed E-state index contributed by atoms with van der Waals surface area (Å²) in [4.78, 5) is 0.981. The first-order valence-corrected chi connectivity index (χ1v) is 10.0. The van der Waals surface area contributed by atoms with Crippen LogP contribution in [0.1, 0.15) is 31.4 Å². The molecule has 0 N–H and O–H groups in total. The summed E-state index contributed by atoms with van der Waals surface area (Å²) in [6, 6.07) is 19.0. The standard InChI is InChI=1S/C22H26OS2/c1-17(18(2)24)15-22(25-16-20-7-5-4-6-8-20)14-11-19-9-12-21(23-3)13-10-19/h4-10,12-13,15,22H,11,14,16H2,1-3H3/b17-15-. The average molecular weight is 371 g/mol. The highest BCUT2D eigenvalue weighted by Crippen LogP contribution is 2.25. The van der Waals surface area contributed by atoms with Gasteiger partial charge in [-0.3, -0.25) is 0 Å². The molecule has 1 unspecified atom stereocenters. The number of rotatable bonds is 9. The number of methoxy groups -OCH3 is 1. The van der Waals surface area contributed by atoms with Gasteiger partial charge in [0.15, 0.2) is 0 Å². The summed E-state index contributed by atoms with van der Waals surface area (Å²) in [5, 5.41) is 0.459. The smallest absolute Gasteiger partial charge is 0.118 e. The molecule has 0 heterocycles. The van der Waals surface area contributed by atoms with E-state index in [1.807, 2.05) is 30.8 Å². The normalized spacial score (nSPS) is 12.7. The van der Waals surface area contributed by atoms with E-state index in [0.29, 0.717) is 5.25 Å². The van der Waals surface area contributed by atoms with Gasteiger partial charge in [0.05, 0.1) is 7.11 Å². The molecule has 1 nitrogen and oxygen atoms in total. The van der Waals surface area contributed by atoms with Crippen LogP contribution in [0.5, 0.6) is 5.75 Å². The highest BCUT2D eigenvalue weighted by molar-refractivity contribution is 7.99. The lowest BCUT2D eigenvalue weighted by atomic mass is 10.1. The Kier molecular flexibility index (Phi) is 8.23. The molecule has 0 amide bonds. The van der Waals surface area contributed by atoms with E-state index >= 15 is 0 Å². The number of allylic oxidation sites excluding steroid dienone is 1. The van der Waals surface area contributed by atoms with Crippen LogP contribution >= 0.6 is 24.0 Å². The molecule has 0 bridgehead atoms. The summed E-state index contributed by atoms with van der Waals surface area (Å²) in [7, 11) is 1.70. The van der Waals surface area contributed by atoms with Gasteiger partial charge >= 0.3 is 0 Å². The summed E-state index contributed by atoms with van der Waals surface area (Å²) in [6.07, 6.45) is 4.49. The summed E-state index contributed by atoms with van der Waals surface area (Å²) >= 11 is 7.31. The Bertz CT molecular complexity index is 690. The minimum absolute atomic E-state index is 0.459. The van der Waals surface area contributed by atoms with Crippen LogP contribution in [-0.4, -0.2) is 17.2 Å². The number of hydrogen-bond acceptors (Lipinski definition) is 3. The lowest BCUT2D eigenvalue weighted by molar-refractivity contribution is 0.414. The van der Waals surface area contributed by atoms with Gasteiger partial charge in [0.1, 0.15) is 5.75 Å². The van der Waals surface area contributed by atoms with Crippen molar-refractivity contribution in [1.82, 2.24) is 0 Å². The van der Waals surface area contributed by atoms with Crippen LogP contribution in [0.25, 0.3) is 0 Å². The Morgan fingerprint density at radius 2 is 1.72 bits per heavy atom. The Morgan fingerprint density at radius 3 is 2.32 bits per heavy atom. The van der Waals surface area contributed by atoms with E-state index in [2.05, 4.69) is 55.5 Å². The van der Waals surface area contributed by atoms with E-state index in [4.69, 9.17) is 17.0 Å². The molecule has 0 saturated heterocycles. The molecule has 0 saturated carbocycles. The summed E-state index contributed by atoms with van der Waals surface area (Å²) < 4.78 is 5.23. The number of thiocarbonyl (C=S) groups is 1. The first kappa shape index (κ1) is 19.7. The van der Waals surface area contributed by atoms with Gasteiger partial charge in [-0.1, -0.05) is 60.8 Å². The fourth-order valence-corrected chi connectivity index (χ4v) is 3.74. The van der Waals surface area contributed by atoms with E-state index in [9.17, 15) is 0 Å². The van der Waals surface area contributed by atoms with Crippen molar-refractivity contribution in [3.05, 3.63) is 77.4 Å². The van der Waals surface area contributed by atoms with E-state index in [1.54, 1.807) is 7.11 Å². The Balaban J connectivity index is 2.00. The zero-order valence-corrected chi connectivity index (χ0v) is 16.8. The summed E-state index contributed by atoms with van der Waals surface area (Å²) in [5.41, 5.74) is 3.93. The molecule has 0 aliphatic rings. The van der Waals surface area contributed by atoms with Crippen molar-refractivity contribution in [3.8, 4) is 5.75 Å². The van der Waals surface area contributed by atoms with E-state index in [1.165, 1.54) is 16.7 Å².